The number of likely N-dealkylation sites (N-methyl/N-ethyl adjacent to an activating group) is 1. The van der Waals surface area contributed by atoms with E-state index in [9.17, 15) is 19.6 Å². The molecule has 1 heterocycles. The molecule has 1 aliphatic carbocycles. The van der Waals surface area contributed by atoms with E-state index in [0.717, 1.165) is 25.5 Å². The molecule has 1 saturated heterocycles. The van der Waals surface area contributed by atoms with E-state index in [1.165, 1.54) is 12.1 Å². The zero-order valence-corrected chi connectivity index (χ0v) is 12.0. The number of benzene rings is 1. The highest BCUT2D eigenvalue weighted by Crippen LogP contribution is 2.48. The van der Waals surface area contributed by atoms with E-state index in [4.69, 9.17) is 0 Å². The van der Waals surface area contributed by atoms with E-state index >= 15 is 0 Å². The van der Waals surface area contributed by atoms with Crippen molar-refractivity contribution in [2.45, 2.75) is 43.2 Å². The van der Waals surface area contributed by atoms with Gasteiger partial charge in [0.15, 0.2) is 0 Å². The standard InChI is InChI=1S/C15H19FN2O3/c1-17-8-7-15(6-2-3-13(17)14(15)19)11-9-10(18(20)21)4-5-12(11)16/h4-5,9,13-14,19H,2-3,6-8H2,1H3/t13?,14-,15?/m0/s1. The van der Waals surface area contributed by atoms with Crippen molar-refractivity contribution >= 4 is 5.69 Å². The van der Waals surface area contributed by atoms with Crippen LogP contribution in [-0.2, 0) is 5.41 Å². The third-order valence-electron chi connectivity index (χ3n) is 5.23. The summed E-state index contributed by atoms with van der Waals surface area (Å²) in [4.78, 5) is 12.6. The Kier molecular flexibility index (Phi) is 3.45. The van der Waals surface area contributed by atoms with Gasteiger partial charge in [-0.3, -0.25) is 10.1 Å². The highest BCUT2D eigenvalue weighted by Gasteiger charge is 2.51. The Hall–Kier alpha value is -1.53. The average Bonchev–Trinajstić information content (AvgIpc) is 2.44. The molecule has 2 unspecified atom stereocenters. The molecule has 0 aromatic heterocycles. The predicted octanol–water partition coefficient (Wildman–Crippen LogP) is 2.22. The molecule has 3 atom stereocenters. The Morgan fingerprint density at radius 1 is 1.48 bits per heavy atom. The number of nitro benzene ring substituents is 1. The average molecular weight is 294 g/mol. The van der Waals surface area contributed by atoms with Crippen LogP contribution in [0.25, 0.3) is 0 Å². The maximum absolute atomic E-state index is 14.3. The second kappa shape index (κ2) is 5.03. The number of piperidine rings is 1. The molecule has 0 amide bonds. The number of rotatable bonds is 2. The van der Waals surface area contributed by atoms with Gasteiger partial charge in [-0.1, -0.05) is 6.42 Å². The first kappa shape index (κ1) is 14.4. The number of hydrogen-bond acceptors (Lipinski definition) is 4. The number of halogens is 1. The molecular weight excluding hydrogens is 275 g/mol. The smallest absolute Gasteiger partial charge is 0.269 e. The topological polar surface area (TPSA) is 66.6 Å². The van der Waals surface area contributed by atoms with E-state index in [2.05, 4.69) is 4.90 Å². The number of aliphatic hydroxyl groups excluding tert-OH is 1. The minimum absolute atomic E-state index is 0.00571. The van der Waals surface area contributed by atoms with Crippen LogP contribution in [0, 0.1) is 15.9 Å². The molecule has 21 heavy (non-hydrogen) atoms. The fourth-order valence-corrected chi connectivity index (χ4v) is 4.01. The van der Waals surface area contributed by atoms with Crippen molar-refractivity contribution in [1.82, 2.24) is 4.90 Å². The SMILES string of the molecule is CN1CCC2(c3cc([N+](=O)[O-])ccc3F)CCCC1[C@@H]2O. The fourth-order valence-electron chi connectivity index (χ4n) is 4.01. The second-order valence-corrected chi connectivity index (χ2v) is 6.21. The van der Waals surface area contributed by atoms with Gasteiger partial charge in [-0.2, -0.15) is 0 Å². The number of non-ortho nitro benzene ring substituents is 1. The molecule has 0 radical (unpaired) electrons. The Bertz CT molecular complexity index is 580. The number of nitrogens with zero attached hydrogens (tertiary/aromatic N) is 2. The van der Waals surface area contributed by atoms with E-state index in [0.29, 0.717) is 18.4 Å². The van der Waals surface area contributed by atoms with E-state index in [1.807, 2.05) is 7.05 Å². The first-order chi connectivity index (χ1) is 9.95. The lowest BCUT2D eigenvalue weighted by molar-refractivity contribution is -0.385. The molecule has 1 aromatic carbocycles. The molecule has 1 aromatic rings. The van der Waals surface area contributed by atoms with Crippen LogP contribution < -0.4 is 0 Å². The van der Waals surface area contributed by atoms with Crippen molar-refractivity contribution < 1.29 is 14.4 Å². The van der Waals surface area contributed by atoms with Gasteiger partial charge in [0.2, 0.25) is 0 Å². The first-order valence-electron chi connectivity index (χ1n) is 7.28. The van der Waals surface area contributed by atoms with Gasteiger partial charge in [-0.25, -0.2) is 4.39 Å². The summed E-state index contributed by atoms with van der Waals surface area (Å²) in [5.74, 6) is -0.454. The predicted molar refractivity (Wildman–Crippen MR) is 75.6 cm³/mol. The quantitative estimate of drug-likeness (QED) is 0.671. The summed E-state index contributed by atoms with van der Waals surface area (Å²) >= 11 is 0. The number of aliphatic hydroxyl groups is 1. The molecule has 1 N–H and O–H groups in total. The number of likely N-dealkylation sites (tertiary alicyclic amines) is 1. The van der Waals surface area contributed by atoms with E-state index < -0.39 is 22.3 Å². The van der Waals surface area contributed by atoms with Crippen LogP contribution in [0.5, 0.6) is 0 Å². The molecule has 6 heteroatoms. The molecular formula is C15H19FN2O3. The lowest BCUT2D eigenvalue weighted by Crippen LogP contribution is -2.61. The highest BCUT2D eigenvalue weighted by molar-refractivity contribution is 5.41. The number of nitro groups is 1. The summed E-state index contributed by atoms with van der Waals surface area (Å²) in [6.07, 6.45) is 2.40. The van der Waals surface area contributed by atoms with Crippen LogP contribution in [0.1, 0.15) is 31.2 Å². The third kappa shape index (κ3) is 2.13. The zero-order valence-electron chi connectivity index (χ0n) is 12.0. The van der Waals surface area contributed by atoms with Gasteiger partial charge in [-0.15, -0.1) is 0 Å². The van der Waals surface area contributed by atoms with E-state index in [1.54, 1.807) is 0 Å². The summed E-state index contributed by atoms with van der Waals surface area (Å²) in [6, 6.07) is 3.64. The maximum atomic E-state index is 14.3. The fraction of sp³-hybridized carbons (Fsp3) is 0.600. The van der Waals surface area contributed by atoms with E-state index in [-0.39, 0.29) is 11.7 Å². The lowest BCUT2D eigenvalue weighted by Gasteiger charge is -2.53. The van der Waals surface area contributed by atoms with Crippen LogP contribution in [-0.4, -0.2) is 40.7 Å². The molecule has 3 rings (SSSR count). The van der Waals surface area contributed by atoms with Crippen molar-refractivity contribution in [3.63, 3.8) is 0 Å². The Balaban J connectivity index is 2.09. The van der Waals surface area contributed by atoms with Crippen LogP contribution >= 0.6 is 0 Å². The molecule has 2 aliphatic rings. The number of hydrogen-bond donors (Lipinski definition) is 1. The van der Waals surface area contributed by atoms with Gasteiger partial charge in [0, 0.05) is 29.2 Å². The van der Waals surface area contributed by atoms with Gasteiger partial charge in [0.1, 0.15) is 5.82 Å². The molecule has 1 saturated carbocycles. The summed E-state index contributed by atoms with van der Waals surface area (Å²) in [5.41, 5.74) is -0.498. The maximum Gasteiger partial charge on any atom is 0.269 e. The molecule has 2 bridgehead atoms. The van der Waals surface area contributed by atoms with Crippen LogP contribution in [0.3, 0.4) is 0 Å². The van der Waals surface area contributed by atoms with Gasteiger partial charge < -0.3 is 10.0 Å². The van der Waals surface area contributed by atoms with Gasteiger partial charge in [0.25, 0.3) is 5.69 Å². The van der Waals surface area contributed by atoms with Crippen LogP contribution in [0.15, 0.2) is 18.2 Å². The highest BCUT2D eigenvalue weighted by atomic mass is 19.1. The summed E-state index contributed by atoms with van der Waals surface area (Å²) in [6.45, 7) is 0.768. The second-order valence-electron chi connectivity index (χ2n) is 6.21. The van der Waals surface area contributed by atoms with Crippen molar-refractivity contribution in [2.24, 2.45) is 0 Å². The molecule has 5 nitrogen and oxygen atoms in total. The Labute approximate surface area is 122 Å². The summed E-state index contributed by atoms with van der Waals surface area (Å²) < 4.78 is 14.3. The molecule has 2 fully saturated rings. The Morgan fingerprint density at radius 2 is 2.24 bits per heavy atom. The lowest BCUT2D eigenvalue weighted by atomic mass is 9.61. The molecule has 1 aliphatic heterocycles. The van der Waals surface area contributed by atoms with Crippen molar-refractivity contribution in [1.29, 1.82) is 0 Å². The van der Waals surface area contributed by atoms with Crippen LogP contribution in [0.2, 0.25) is 0 Å². The van der Waals surface area contributed by atoms with Crippen LogP contribution in [0.4, 0.5) is 10.1 Å². The third-order valence-corrected chi connectivity index (χ3v) is 5.23. The largest absolute Gasteiger partial charge is 0.391 e. The van der Waals surface area contributed by atoms with Gasteiger partial charge in [-0.05, 0) is 38.9 Å². The summed E-state index contributed by atoms with van der Waals surface area (Å²) in [7, 11) is 1.97. The first-order valence-corrected chi connectivity index (χ1v) is 7.28. The minimum atomic E-state index is -0.689. The summed E-state index contributed by atoms with van der Waals surface area (Å²) in [5, 5.41) is 21.7. The minimum Gasteiger partial charge on any atom is -0.391 e. The van der Waals surface area contributed by atoms with Gasteiger partial charge >= 0.3 is 0 Å². The van der Waals surface area contributed by atoms with Crippen molar-refractivity contribution in [2.75, 3.05) is 13.6 Å². The van der Waals surface area contributed by atoms with Gasteiger partial charge in [0.05, 0.1) is 11.0 Å². The molecule has 114 valence electrons. The van der Waals surface area contributed by atoms with Crippen molar-refractivity contribution in [3.8, 4) is 0 Å². The molecule has 0 spiro atoms. The van der Waals surface area contributed by atoms with Crippen molar-refractivity contribution in [3.05, 3.63) is 39.7 Å². The zero-order chi connectivity index (χ0) is 15.2. The number of fused-ring (bicyclic) bond motifs is 2. The Morgan fingerprint density at radius 3 is 2.95 bits per heavy atom. The normalized spacial score (nSPS) is 32.9. The monoisotopic (exact) mass is 294 g/mol.